The average Bonchev–Trinajstić information content (AvgIpc) is 3.36. The summed E-state index contributed by atoms with van der Waals surface area (Å²) < 4.78 is 11.5. The highest BCUT2D eigenvalue weighted by Gasteiger charge is 2.07. The van der Waals surface area contributed by atoms with Gasteiger partial charge in [-0.1, -0.05) is 55.8 Å². The number of carbonyl (C=O) groups is 1. The van der Waals surface area contributed by atoms with Gasteiger partial charge >= 0.3 is 0 Å². The minimum absolute atomic E-state index is 0.227. The molecular weight excluding hydrogens is 456 g/mol. The van der Waals surface area contributed by atoms with Gasteiger partial charge in [-0.2, -0.15) is 0 Å². The van der Waals surface area contributed by atoms with Crippen molar-refractivity contribution < 1.29 is 14.3 Å². The van der Waals surface area contributed by atoms with Crippen LogP contribution >= 0.6 is 11.3 Å². The molecule has 0 aliphatic rings. The number of carbonyl (C=O) groups excluding carboxylic acids is 1. The van der Waals surface area contributed by atoms with Gasteiger partial charge in [0.05, 0.1) is 12.3 Å². The molecule has 3 aromatic carbocycles. The third-order valence-electron chi connectivity index (χ3n) is 5.21. The van der Waals surface area contributed by atoms with Crippen molar-refractivity contribution in [2.45, 2.75) is 26.4 Å². The highest BCUT2D eigenvalue weighted by atomic mass is 32.1. The third kappa shape index (κ3) is 7.55. The number of benzene rings is 3. The maximum atomic E-state index is 12.4. The van der Waals surface area contributed by atoms with Crippen molar-refractivity contribution in [3.8, 4) is 22.8 Å². The lowest BCUT2D eigenvalue weighted by Crippen LogP contribution is -2.07. The van der Waals surface area contributed by atoms with E-state index in [-0.39, 0.29) is 5.91 Å². The monoisotopic (exact) mass is 484 g/mol. The lowest BCUT2D eigenvalue weighted by atomic mass is 10.2. The van der Waals surface area contributed by atoms with Crippen LogP contribution < -0.4 is 14.8 Å². The van der Waals surface area contributed by atoms with Crippen LogP contribution in [-0.4, -0.2) is 17.5 Å². The molecule has 0 saturated carbocycles. The summed E-state index contributed by atoms with van der Waals surface area (Å²) in [5.41, 5.74) is 3.83. The molecule has 0 radical (unpaired) electrons. The van der Waals surface area contributed by atoms with Crippen LogP contribution in [0.25, 0.3) is 17.3 Å². The molecule has 0 spiro atoms. The molecule has 6 heteroatoms. The number of aromatic nitrogens is 1. The number of amides is 1. The van der Waals surface area contributed by atoms with Gasteiger partial charge in [-0.15, -0.1) is 11.3 Å². The van der Waals surface area contributed by atoms with Crippen molar-refractivity contribution in [1.29, 1.82) is 0 Å². The van der Waals surface area contributed by atoms with Gasteiger partial charge in [-0.25, -0.2) is 4.98 Å². The van der Waals surface area contributed by atoms with Crippen molar-refractivity contribution >= 4 is 28.5 Å². The second-order valence-electron chi connectivity index (χ2n) is 7.93. The van der Waals surface area contributed by atoms with Gasteiger partial charge in [0.15, 0.2) is 5.13 Å². The Morgan fingerprint density at radius 3 is 2.40 bits per heavy atom. The summed E-state index contributed by atoms with van der Waals surface area (Å²) in [6.45, 7) is 3.38. The summed E-state index contributed by atoms with van der Waals surface area (Å²) in [7, 11) is 0. The Morgan fingerprint density at radius 1 is 0.943 bits per heavy atom. The molecule has 4 aromatic rings. The molecule has 0 aliphatic carbocycles. The second-order valence-corrected chi connectivity index (χ2v) is 8.79. The zero-order valence-electron chi connectivity index (χ0n) is 19.6. The molecule has 1 amide bonds. The van der Waals surface area contributed by atoms with Crippen LogP contribution in [0, 0.1) is 0 Å². The molecule has 0 fully saturated rings. The molecule has 0 aliphatic heterocycles. The molecule has 0 bridgehead atoms. The van der Waals surface area contributed by atoms with Gasteiger partial charge in [-0.3, -0.25) is 10.1 Å². The first kappa shape index (κ1) is 24.2. The van der Waals surface area contributed by atoms with E-state index in [0.29, 0.717) is 11.7 Å². The normalized spacial score (nSPS) is 10.9. The average molecular weight is 485 g/mol. The standard InChI is InChI=1S/C29H28N2O3S/c1-2-3-19-33-25-16-12-24(13-17-25)27-21-35-29(30-27)31-28(32)18-11-22-9-14-26(15-10-22)34-20-23-7-5-4-6-8-23/h4-18,21H,2-3,19-20H2,1H3,(H,30,31,32)/b18-11+. The zero-order chi connectivity index (χ0) is 24.3. The van der Waals surface area contributed by atoms with Crippen molar-refractivity contribution in [3.63, 3.8) is 0 Å². The number of nitrogens with zero attached hydrogens (tertiary/aromatic N) is 1. The number of thiazole rings is 1. The zero-order valence-corrected chi connectivity index (χ0v) is 20.5. The first-order chi connectivity index (χ1) is 17.2. The number of hydrogen-bond donors (Lipinski definition) is 1. The van der Waals surface area contributed by atoms with Crippen molar-refractivity contribution in [3.05, 3.63) is 101 Å². The summed E-state index contributed by atoms with van der Waals surface area (Å²) in [5.74, 6) is 1.41. The van der Waals surface area contributed by atoms with E-state index in [1.807, 2.05) is 84.2 Å². The van der Waals surface area contributed by atoms with E-state index in [1.165, 1.54) is 17.4 Å². The lowest BCUT2D eigenvalue weighted by molar-refractivity contribution is -0.111. The minimum atomic E-state index is -0.227. The van der Waals surface area contributed by atoms with E-state index >= 15 is 0 Å². The van der Waals surface area contributed by atoms with Crippen LogP contribution in [0.5, 0.6) is 11.5 Å². The van der Waals surface area contributed by atoms with Gasteiger partial charge in [0.1, 0.15) is 18.1 Å². The molecule has 35 heavy (non-hydrogen) atoms. The maximum Gasteiger partial charge on any atom is 0.250 e. The van der Waals surface area contributed by atoms with Crippen LogP contribution in [0.3, 0.4) is 0 Å². The fourth-order valence-electron chi connectivity index (χ4n) is 3.26. The fraction of sp³-hybridized carbons (Fsp3) is 0.172. The Kier molecular flexibility index (Phi) is 8.68. The summed E-state index contributed by atoms with van der Waals surface area (Å²) in [5, 5.41) is 5.32. The summed E-state index contributed by atoms with van der Waals surface area (Å²) in [6.07, 6.45) is 5.42. The van der Waals surface area contributed by atoms with Gasteiger partial charge in [0.2, 0.25) is 5.91 Å². The van der Waals surface area contributed by atoms with Gasteiger partial charge in [-0.05, 0) is 60.0 Å². The Labute approximate surface area is 210 Å². The lowest BCUT2D eigenvalue weighted by Gasteiger charge is -2.06. The number of nitrogens with one attached hydrogen (secondary N) is 1. The van der Waals surface area contributed by atoms with E-state index in [1.54, 1.807) is 6.08 Å². The van der Waals surface area contributed by atoms with Crippen molar-refractivity contribution in [2.24, 2.45) is 0 Å². The maximum absolute atomic E-state index is 12.4. The first-order valence-electron chi connectivity index (χ1n) is 11.6. The molecule has 1 heterocycles. The van der Waals surface area contributed by atoms with E-state index < -0.39 is 0 Å². The molecule has 0 unspecified atom stereocenters. The highest BCUT2D eigenvalue weighted by molar-refractivity contribution is 7.14. The molecule has 178 valence electrons. The predicted octanol–water partition coefficient (Wildman–Crippen LogP) is 7.22. The quantitative estimate of drug-likeness (QED) is 0.180. The van der Waals surface area contributed by atoms with Crippen LogP contribution in [0.15, 0.2) is 90.3 Å². The van der Waals surface area contributed by atoms with Gasteiger partial charge < -0.3 is 9.47 Å². The number of anilines is 1. The number of unbranched alkanes of at least 4 members (excludes halogenated alkanes) is 1. The van der Waals surface area contributed by atoms with E-state index in [0.717, 1.165) is 53.3 Å². The summed E-state index contributed by atoms with van der Waals surface area (Å²) >= 11 is 1.40. The van der Waals surface area contributed by atoms with Gasteiger partial charge in [0.25, 0.3) is 0 Å². The Bertz CT molecular complexity index is 1230. The predicted molar refractivity (Wildman–Crippen MR) is 143 cm³/mol. The fourth-order valence-corrected chi connectivity index (χ4v) is 3.98. The SMILES string of the molecule is CCCCOc1ccc(-c2csc(NC(=O)/C=C/c3ccc(OCc4ccccc4)cc3)n2)cc1. The van der Waals surface area contributed by atoms with Gasteiger partial charge in [0, 0.05) is 17.0 Å². The number of ether oxygens (including phenoxy) is 2. The van der Waals surface area contributed by atoms with Crippen LogP contribution in [0.2, 0.25) is 0 Å². The van der Waals surface area contributed by atoms with E-state index in [4.69, 9.17) is 9.47 Å². The Hall–Kier alpha value is -3.90. The second kappa shape index (κ2) is 12.5. The molecular formula is C29H28N2O3S. The highest BCUT2D eigenvalue weighted by Crippen LogP contribution is 2.26. The molecule has 5 nitrogen and oxygen atoms in total. The minimum Gasteiger partial charge on any atom is -0.494 e. The summed E-state index contributed by atoms with van der Waals surface area (Å²) in [6, 6.07) is 25.5. The number of rotatable bonds is 11. The van der Waals surface area contributed by atoms with Crippen LogP contribution in [-0.2, 0) is 11.4 Å². The molecule has 1 N–H and O–H groups in total. The molecule has 0 saturated heterocycles. The topological polar surface area (TPSA) is 60.5 Å². The van der Waals surface area contributed by atoms with Crippen molar-refractivity contribution in [2.75, 3.05) is 11.9 Å². The number of hydrogen-bond acceptors (Lipinski definition) is 5. The first-order valence-corrected chi connectivity index (χ1v) is 12.5. The van der Waals surface area contributed by atoms with E-state index in [9.17, 15) is 4.79 Å². The van der Waals surface area contributed by atoms with E-state index in [2.05, 4.69) is 17.2 Å². The summed E-state index contributed by atoms with van der Waals surface area (Å²) in [4.78, 5) is 16.9. The molecule has 0 atom stereocenters. The molecule has 4 rings (SSSR count). The van der Waals surface area contributed by atoms with Crippen molar-refractivity contribution in [1.82, 2.24) is 4.98 Å². The third-order valence-corrected chi connectivity index (χ3v) is 5.96. The molecule has 1 aromatic heterocycles. The Morgan fingerprint density at radius 2 is 1.66 bits per heavy atom. The van der Waals surface area contributed by atoms with Crippen LogP contribution in [0.1, 0.15) is 30.9 Å². The Balaban J connectivity index is 1.26. The smallest absolute Gasteiger partial charge is 0.250 e. The largest absolute Gasteiger partial charge is 0.494 e. The van der Waals surface area contributed by atoms with Crippen LogP contribution in [0.4, 0.5) is 5.13 Å².